The molecule has 0 aliphatic heterocycles. The Morgan fingerprint density at radius 1 is 1.29 bits per heavy atom. The predicted molar refractivity (Wildman–Crippen MR) is 80.1 cm³/mol. The molecule has 0 radical (unpaired) electrons. The average molecular weight is 287 g/mol. The third-order valence-electron chi connectivity index (χ3n) is 3.17. The molecule has 1 heterocycles. The fourth-order valence-electron chi connectivity index (χ4n) is 2.12. The molecule has 6 heteroatoms. The molecule has 0 aliphatic rings. The molecule has 0 saturated carbocycles. The fraction of sp³-hybridized carbons (Fsp3) is 0.267. The van der Waals surface area contributed by atoms with Crippen LogP contribution in [0.15, 0.2) is 36.5 Å². The number of aromatic nitrogens is 1. The molecule has 0 spiro atoms. The van der Waals surface area contributed by atoms with Crippen molar-refractivity contribution < 1.29 is 9.66 Å². The van der Waals surface area contributed by atoms with Crippen molar-refractivity contribution in [1.29, 1.82) is 0 Å². The first-order chi connectivity index (χ1) is 10.1. The summed E-state index contributed by atoms with van der Waals surface area (Å²) in [6.07, 6.45) is 1.56. The smallest absolute Gasteiger partial charge is 0.314 e. The van der Waals surface area contributed by atoms with E-state index in [4.69, 9.17) is 4.74 Å². The van der Waals surface area contributed by atoms with Crippen LogP contribution in [-0.4, -0.2) is 17.0 Å². The van der Waals surface area contributed by atoms with E-state index in [-0.39, 0.29) is 11.5 Å². The largest absolute Gasteiger partial charge is 0.380 e. The number of anilines is 1. The van der Waals surface area contributed by atoms with Crippen LogP contribution >= 0.6 is 0 Å². The van der Waals surface area contributed by atoms with Crippen LogP contribution in [0.2, 0.25) is 0 Å². The number of rotatable bonds is 6. The van der Waals surface area contributed by atoms with Crippen molar-refractivity contribution in [2.45, 2.75) is 20.1 Å². The highest BCUT2D eigenvalue weighted by atomic mass is 16.6. The van der Waals surface area contributed by atoms with Crippen LogP contribution < -0.4 is 5.32 Å². The number of nitrogens with zero attached hydrogens (tertiary/aromatic N) is 2. The molecule has 0 unspecified atom stereocenters. The van der Waals surface area contributed by atoms with E-state index in [2.05, 4.69) is 10.3 Å². The van der Waals surface area contributed by atoms with Crippen molar-refractivity contribution in [3.05, 3.63) is 63.3 Å². The third-order valence-corrected chi connectivity index (χ3v) is 3.17. The van der Waals surface area contributed by atoms with E-state index >= 15 is 0 Å². The van der Waals surface area contributed by atoms with Gasteiger partial charge in [0.25, 0.3) is 0 Å². The van der Waals surface area contributed by atoms with Crippen molar-refractivity contribution >= 4 is 11.5 Å². The highest BCUT2D eigenvalue weighted by molar-refractivity contribution is 5.59. The van der Waals surface area contributed by atoms with Gasteiger partial charge in [-0.05, 0) is 24.1 Å². The Bertz CT molecular complexity index is 644. The summed E-state index contributed by atoms with van der Waals surface area (Å²) in [5.74, 6) is 0.284. The summed E-state index contributed by atoms with van der Waals surface area (Å²) in [6, 6.07) is 9.42. The third kappa shape index (κ3) is 3.55. The number of hydrogen-bond acceptors (Lipinski definition) is 5. The molecule has 21 heavy (non-hydrogen) atoms. The zero-order valence-corrected chi connectivity index (χ0v) is 12.0. The van der Waals surface area contributed by atoms with Gasteiger partial charge in [-0.15, -0.1) is 0 Å². The minimum atomic E-state index is -0.411. The maximum absolute atomic E-state index is 11.1. The van der Waals surface area contributed by atoms with E-state index in [0.29, 0.717) is 18.7 Å². The Morgan fingerprint density at radius 3 is 2.67 bits per heavy atom. The van der Waals surface area contributed by atoms with E-state index in [0.717, 1.165) is 11.1 Å². The molecule has 0 amide bonds. The van der Waals surface area contributed by atoms with Gasteiger partial charge < -0.3 is 10.1 Å². The molecule has 110 valence electrons. The molecule has 0 aliphatic carbocycles. The van der Waals surface area contributed by atoms with Crippen LogP contribution in [0, 0.1) is 17.0 Å². The topological polar surface area (TPSA) is 77.3 Å². The summed E-state index contributed by atoms with van der Waals surface area (Å²) in [7, 11) is 1.64. The first kappa shape index (κ1) is 14.9. The number of ether oxygens (including phenoxy) is 1. The molecular weight excluding hydrogens is 270 g/mol. The number of nitro groups is 1. The van der Waals surface area contributed by atoms with Gasteiger partial charge in [0.05, 0.1) is 11.5 Å². The number of benzene rings is 1. The number of methoxy groups -OCH3 is 1. The lowest BCUT2D eigenvalue weighted by atomic mass is 10.1. The SMILES string of the molecule is COCc1ccccc1CNc1nccc(C)c1[N+](=O)[O-]. The van der Waals surface area contributed by atoms with Crippen LogP contribution in [0.5, 0.6) is 0 Å². The minimum Gasteiger partial charge on any atom is -0.380 e. The van der Waals surface area contributed by atoms with Gasteiger partial charge in [0, 0.05) is 25.4 Å². The van der Waals surface area contributed by atoms with Crippen molar-refractivity contribution in [3.8, 4) is 0 Å². The summed E-state index contributed by atoms with van der Waals surface area (Å²) >= 11 is 0. The number of pyridine rings is 1. The van der Waals surface area contributed by atoms with Crippen molar-refractivity contribution in [3.63, 3.8) is 0 Å². The number of aryl methyl sites for hydroxylation is 1. The standard InChI is InChI=1S/C15H17N3O3/c1-11-7-8-16-15(14(11)18(19)20)17-9-12-5-3-4-6-13(12)10-21-2/h3-8H,9-10H2,1-2H3,(H,16,17). The van der Waals surface area contributed by atoms with Gasteiger partial charge in [-0.1, -0.05) is 24.3 Å². The van der Waals surface area contributed by atoms with Gasteiger partial charge in [0.1, 0.15) is 0 Å². The quantitative estimate of drug-likeness (QED) is 0.652. The van der Waals surface area contributed by atoms with Crippen molar-refractivity contribution in [1.82, 2.24) is 4.98 Å². The van der Waals surface area contributed by atoms with Crippen LogP contribution in [-0.2, 0) is 17.9 Å². The molecule has 1 aromatic heterocycles. The molecule has 1 aromatic carbocycles. The summed E-state index contributed by atoms with van der Waals surface area (Å²) in [5, 5.41) is 14.2. The lowest BCUT2D eigenvalue weighted by molar-refractivity contribution is -0.384. The van der Waals surface area contributed by atoms with E-state index in [1.165, 1.54) is 0 Å². The van der Waals surface area contributed by atoms with E-state index in [1.54, 1.807) is 26.3 Å². The minimum absolute atomic E-state index is 0.0155. The van der Waals surface area contributed by atoms with Gasteiger partial charge in [-0.3, -0.25) is 10.1 Å². The molecule has 0 fully saturated rings. The zero-order valence-electron chi connectivity index (χ0n) is 12.0. The summed E-state index contributed by atoms with van der Waals surface area (Å²) in [6.45, 7) is 2.65. The zero-order chi connectivity index (χ0) is 15.2. The lowest BCUT2D eigenvalue weighted by Crippen LogP contribution is -2.07. The van der Waals surface area contributed by atoms with Crippen LogP contribution in [0.4, 0.5) is 11.5 Å². The molecule has 2 rings (SSSR count). The average Bonchev–Trinajstić information content (AvgIpc) is 2.46. The van der Waals surface area contributed by atoms with Gasteiger partial charge in [0.15, 0.2) is 0 Å². The van der Waals surface area contributed by atoms with Gasteiger partial charge >= 0.3 is 5.69 Å². The highest BCUT2D eigenvalue weighted by Gasteiger charge is 2.18. The maximum Gasteiger partial charge on any atom is 0.314 e. The van der Waals surface area contributed by atoms with E-state index in [1.807, 2.05) is 24.3 Å². The molecular formula is C15H17N3O3. The van der Waals surface area contributed by atoms with Crippen LogP contribution in [0.25, 0.3) is 0 Å². The highest BCUT2D eigenvalue weighted by Crippen LogP contribution is 2.26. The first-order valence-corrected chi connectivity index (χ1v) is 6.53. The van der Waals surface area contributed by atoms with E-state index in [9.17, 15) is 10.1 Å². The number of hydrogen-bond donors (Lipinski definition) is 1. The molecule has 0 atom stereocenters. The monoisotopic (exact) mass is 287 g/mol. The second-order valence-electron chi connectivity index (χ2n) is 4.64. The predicted octanol–water partition coefficient (Wildman–Crippen LogP) is 3.06. The number of nitrogens with one attached hydrogen (secondary N) is 1. The van der Waals surface area contributed by atoms with Crippen LogP contribution in [0.1, 0.15) is 16.7 Å². The first-order valence-electron chi connectivity index (χ1n) is 6.53. The van der Waals surface area contributed by atoms with E-state index < -0.39 is 4.92 Å². The lowest BCUT2D eigenvalue weighted by Gasteiger charge is -2.11. The fourth-order valence-corrected chi connectivity index (χ4v) is 2.12. The summed E-state index contributed by atoms with van der Waals surface area (Å²) in [4.78, 5) is 14.8. The normalized spacial score (nSPS) is 10.4. The Morgan fingerprint density at radius 2 is 2.00 bits per heavy atom. The Balaban J connectivity index is 2.21. The maximum atomic E-state index is 11.1. The molecule has 2 aromatic rings. The molecule has 1 N–H and O–H groups in total. The second-order valence-corrected chi connectivity index (χ2v) is 4.64. The molecule has 0 bridgehead atoms. The Kier molecular flexibility index (Phi) is 4.84. The molecule has 0 saturated heterocycles. The summed E-state index contributed by atoms with van der Waals surface area (Å²) in [5.41, 5.74) is 2.67. The Hall–Kier alpha value is -2.47. The van der Waals surface area contributed by atoms with Gasteiger partial charge in [-0.2, -0.15) is 0 Å². The summed E-state index contributed by atoms with van der Waals surface area (Å²) < 4.78 is 5.15. The second kappa shape index (κ2) is 6.81. The van der Waals surface area contributed by atoms with Gasteiger partial charge in [-0.25, -0.2) is 4.98 Å². The van der Waals surface area contributed by atoms with Crippen molar-refractivity contribution in [2.75, 3.05) is 12.4 Å². The van der Waals surface area contributed by atoms with Gasteiger partial charge in [0.2, 0.25) is 5.82 Å². The molecule has 6 nitrogen and oxygen atoms in total. The van der Waals surface area contributed by atoms with Crippen molar-refractivity contribution in [2.24, 2.45) is 0 Å². The van der Waals surface area contributed by atoms with Crippen LogP contribution in [0.3, 0.4) is 0 Å². The Labute approximate surface area is 122 Å².